The van der Waals surface area contributed by atoms with Crippen LogP contribution in [0.4, 0.5) is 11.5 Å². The van der Waals surface area contributed by atoms with Crippen molar-refractivity contribution < 1.29 is 9.59 Å². The Balaban J connectivity index is 1.75. The van der Waals surface area contributed by atoms with Crippen molar-refractivity contribution in [1.29, 1.82) is 0 Å². The van der Waals surface area contributed by atoms with Gasteiger partial charge in [0.05, 0.1) is 11.4 Å². The number of nitrogens with one attached hydrogen (secondary N) is 2. The number of nitrogen functional groups attached to an aromatic ring is 1. The molecule has 0 saturated heterocycles. The van der Waals surface area contributed by atoms with E-state index in [9.17, 15) is 9.59 Å². The number of carbonyl (C=O) groups is 2. The third-order valence-corrected chi connectivity index (χ3v) is 3.99. The van der Waals surface area contributed by atoms with Crippen molar-refractivity contribution in [3.8, 4) is 11.3 Å². The molecule has 6 heteroatoms. The molecule has 136 valence electrons. The van der Waals surface area contributed by atoms with Crippen LogP contribution < -0.4 is 16.4 Å². The molecule has 2 aromatic carbocycles. The predicted molar refractivity (Wildman–Crippen MR) is 106 cm³/mol. The Morgan fingerprint density at radius 1 is 0.963 bits per heavy atom. The minimum atomic E-state index is -0.300. The molecule has 0 aliphatic heterocycles. The summed E-state index contributed by atoms with van der Waals surface area (Å²) >= 11 is 0. The molecule has 0 bridgehead atoms. The van der Waals surface area contributed by atoms with Crippen LogP contribution in [-0.4, -0.2) is 16.8 Å². The number of benzene rings is 2. The first-order valence-electron chi connectivity index (χ1n) is 8.49. The fourth-order valence-corrected chi connectivity index (χ4v) is 2.52. The number of nitrogens with two attached hydrogens (primary N) is 1. The van der Waals surface area contributed by atoms with Crippen molar-refractivity contribution in [2.45, 2.75) is 13.5 Å². The van der Waals surface area contributed by atoms with E-state index >= 15 is 0 Å². The number of nitrogens with zero attached hydrogens (tertiary/aromatic N) is 1. The Bertz CT molecular complexity index is 954. The number of hydrogen-bond acceptors (Lipinski definition) is 4. The Morgan fingerprint density at radius 2 is 1.67 bits per heavy atom. The van der Waals surface area contributed by atoms with E-state index in [1.54, 1.807) is 30.3 Å². The smallest absolute Gasteiger partial charge is 0.256 e. The van der Waals surface area contributed by atoms with E-state index < -0.39 is 0 Å². The molecule has 3 aromatic rings. The van der Waals surface area contributed by atoms with Gasteiger partial charge in [-0.2, -0.15) is 0 Å². The Hall–Kier alpha value is -3.67. The molecule has 0 aliphatic rings. The molecule has 2 amide bonds. The zero-order chi connectivity index (χ0) is 19.2. The van der Waals surface area contributed by atoms with E-state index in [-0.39, 0.29) is 11.8 Å². The molecule has 3 rings (SSSR count). The fraction of sp³-hybridized carbons (Fsp3) is 0.0952. The van der Waals surface area contributed by atoms with Crippen molar-refractivity contribution in [3.63, 3.8) is 0 Å². The van der Waals surface area contributed by atoms with Crippen LogP contribution in [-0.2, 0) is 11.3 Å². The lowest BCUT2D eigenvalue weighted by molar-refractivity contribution is -0.119. The first-order chi connectivity index (χ1) is 13.0. The molecular weight excluding hydrogens is 340 g/mol. The molecule has 0 atom stereocenters. The number of aromatic nitrogens is 1. The van der Waals surface area contributed by atoms with Crippen LogP contribution in [0.25, 0.3) is 11.3 Å². The van der Waals surface area contributed by atoms with Gasteiger partial charge in [0.2, 0.25) is 5.91 Å². The molecule has 4 N–H and O–H groups in total. The summed E-state index contributed by atoms with van der Waals surface area (Å²) < 4.78 is 0. The van der Waals surface area contributed by atoms with E-state index in [4.69, 9.17) is 5.73 Å². The molecule has 27 heavy (non-hydrogen) atoms. The number of anilines is 2. The summed E-state index contributed by atoms with van der Waals surface area (Å²) in [5.74, 6) is -0.0779. The van der Waals surface area contributed by atoms with Crippen molar-refractivity contribution in [2.75, 3.05) is 11.1 Å². The van der Waals surface area contributed by atoms with Gasteiger partial charge in [-0.3, -0.25) is 9.59 Å². The standard InChI is InChI=1S/C21H20N4O2/c1-14(26)23-13-15-7-9-17(10-8-15)21(27)25-20-18(22)11-12-19(24-20)16-5-3-2-4-6-16/h2-12H,13,22H2,1H3,(H,23,26)(H,24,25,27). The molecule has 0 aliphatic carbocycles. The summed E-state index contributed by atoms with van der Waals surface area (Å²) in [7, 11) is 0. The normalized spacial score (nSPS) is 10.3. The van der Waals surface area contributed by atoms with Gasteiger partial charge in [0.15, 0.2) is 5.82 Å². The first-order valence-corrected chi connectivity index (χ1v) is 8.49. The molecule has 0 spiro atoms. The van der Waals surface area contributed by atoms with Gasteiger partial charge in [-0.05, 0) is 29.8 Å². The highest BCUT2D eigenvalue weighted by Gasteiger charge is 2.11. The second kappa shape index (κ2) is 8.14. The Kier molecular flexibility index (Phi) is 5.47. The highest BCUT2D eigenvalue weighted by molar-refractivity contribution is 6.05. The molecular formula is C21H20N4O2. The zero-order valence-corrected chi connectivity index (χ0v) is 14.9. The van der Waals surface area contributed by atoms with Gasteiger partial charge >= 0.3 is 0 Å². The Morgan fingerprint density at radius 3 is 2.33 bits per heavy atom. The van der Waals surface area contributed by atoms with Crippen LogP contribution in [0.5, 0.6) is 0 Å². The summed E-state index contributed by atoms with van der Waals surface area (Å²) in [6, 6.07) is 20.2. The lowest BCUT2D eigenvalue weighted by Gasteiger charge is -2.10. The number of rotatable bonds is 5. The van der Waals surface area contributed by atoms with Crippen molar-refractivity contribution in [3.05, 3.63) is 77.9 Å². The predicted octanol–water partition coefficient (Wildman–Crippen LogP) is 3.22. The van der Waals surface area contributed by atoms with Crippen LogP contribution in [0, 0.1) is 0 Å². The Labute approximate surface area is 157 Å². The first kappa shape index (κ1) is 18.1. The van der Waals surface area contributed by atoms with Crippen LogP contribution in [0.3, 0.4) is 0 Å². The summed E-state index contributed by atoms with van der Waals surface area (Å²) in [6.07, 6.45) is 0. The van der Waals surface area contributed by atoms with E-state index in [1.807, 2.05) is 36.4 Å². The average Bonchev–Trinajstić information content (AvgIpc) is 2.69. The van der Waals surface area contributed by atoms with Crippen molar-refractivity contribution in [2.24, 2.45) is 0 Å². The minimum absolute atomic E-state index is 0.100. The second-order valence-electron chi connectivity index (χ2n) is 6.06. The second-order valence-corrected chi connectivity index (χ2v) is 6.06. The third kappa shape index (κ3) is 4.70. The number of amides is 2. The summed E-state index contributed by atoms with van der Waals surface area (Å²) in [4.78, 5) is 27.9. The fourth-order valence-electron chi connectivity index (χ4n) is 2.52. The molecule has 1 heterocycles. The highest BCUT2D eigenvalue weighted by Crippen LogP contribution is 2.23. The van der Waals surface area contributed by atoms with Crippen LogP contribution in [0.15, 0.2) is 66.7 Å². The average molecular weight is 360 g/mol. The SMILES string of the molecule is CC(=O)NCc1ccc(C(=O)Nc2nc(-c3ccccc3)ccc2N)cc1. The third-order valence-electron chi connectivity index (χ3n) is 3.99. The van der Waals surface area contributed by atoms with E-state index in [1.165, 1.54) is 6.92 Å². The number of carbonyl (C=O) groups excluding carboxylic acids is 2. The molecule has 0 unspecified atom stereocenters. The van der Waals surface area contributed by atoms with Gasteiger partial charge in [-0.1, -0.05) is 42.5 Å². The van der Waals surface area contributed by atoms with Crippen LogP contribution in [0.1, 0.15) is 22.8 Å². The maximum atomic E-state index is 12.5. The maximum Gasteiger partial charge on any atom is 0.256 e. The molecule has 6 nitrogen and oxygen atoms in total. The molecule has 1 aromatic heterocycles. The quantitative estimate of drug-likeness (QED) is 0.651. The zero-order valence-electron chi connectivity index (χ0n) is 14.9. The molecule has 0 saturated carbocycles. The van der Waals surface area contributed by atoms with Gasteiger partial charge in [0.25, 0.3) is 5.91 Å². The van der Waals surface area contributed by atoms with Crippen LogP contribution in [0.2, 0.25) is 0 Å². The topological polar surface area (TPSA) is 97.1 Å². The number of pyridine rings is 1. The van der Waals surface area contributed by atoms with Crippen molar-refractivity contribution >= 4 is 23.3 Å². The monoisotopic (exact) mass is 360 g/mol. The lowest BCUT2D eigenvalue weighted by atomic mass is 10.1. The summed E-state index contributed by atoms with van der Waals surface area (Å²) in [5, 5.41) is 5.48. The van der Waals surface area contributed by atoms with Gasteiger partial charge in [0.1, 0.15) is 0 Å². The van der Waals surface area contributed by atoms with Gasteiger partial charge < -0.3 is 16.4 Å². The van der Waals surface area contributed by atoms with Gasteiger partial charge in [-0.25, -0.2) is 4.98 Å². The lowest BCUT2D eigenvalue weighted by Crippen LogP contribution is -2.19. The van der Waals surface area contributed by atoms with E-state index in [2.05, 4.69) is 15.6 Å². The minimum Gasteiger partial charge on any atom is -0.396 e. The van der Waals surface area contributed by atoms with Gasteiger partial charge in [-0.15, -0.1) is 0 Å². The van der Waals surface area contributed by atoms with Crippen molar-refractivity contribution in [1.82, 2.24) is 10.3 Å². The molecule has 0 radical (unpaired) electrons. The van der Waals surface area contributed by atoms with Crippen LogP contribution >= 0.6 is 0 Å². The number of hydrogen-bond donors (Lipinski definition) is 3. The summed E-state index contributed by atoms with van der Waals surface area (Å²) in [5.41, 5.74) is 9.42. The summed E-state index contributed by atoms with van der Waals surface area (Å²) in [6.45, 7) is 1.88. The van der Waals surface area contributed by atoms with Gasteiger partial charge in [0, 0.05) is 24.6 Å². The largest absolute Gasteiger partial charge is 0.396 e. The van der Waals surface area contributed by atoms with E-state index in [0.717, 1.165) is 16.8 Å². The van der Waals surface area contributed by atoms with E-state index in [0.29, 0.717) is 23.6 Å². The molecule has 0 fully saturated rings. The maximum absolute atomic E-state index is 12.5. The highest BCUT2D eigenvalue weighted by atomic mass is 16.2.